The fourth-order valence-corrected chi connectivity index (χ4v) is 4.99. The molecule has 206 valence electrons. The van der Waals surface area contributed by atoms with Crippen LogP contribution in [0.25, 0.3) is 11.0 Å². The Kier molecular flexibility index (Phi) is 9.03. The maximum absolute atomic E-state index is 13.6. The molecule has 0 spiro atoms. The molecule has 4 rings (SSSR count). The number of piperidine rings is 1. The molecular weight excluding hydrogens is 484 g/mol. The molecular formula is C28H40N6O4. The van der Waals surface area contributed by atoms with E-state index < -0.39 is 17.3 Å². The van der Waals surface area contributed by atoms with Gasteiger partial charge < -0.3 is 24.7 Å². The zero-order valence-corrected chi connectivity index (χ0v) is 22.8. The minimum atomic E-state index is -0.917. The highest BCUT2D eigenvalue weighted by atomic mass is 16.5. The van der Waals surface area contributed by atoms with Crippen LogP contribution in [0.2, 0.25) is 0 Å². The summed E-state index contributed by atoms with van der Waals surface area (Å²) in [5, 5.41) is 17.1. The van der Waals surface area contributed by atoms with E-state index in [1.807, 2.05) is 6.07 Å². The van der Waals surface area contributed by atoms with Crippen LogP contribution in [-0.4, -0.2) is 84.8 Å². The zero-order chi connectivity index (χ0) is 27.2. The Morgan fingerprint density at radius 1 is 1.13 bits per heavy atom. The summed E-state index contributed by atoms with van der Waals surface area (Å²) in [6.07, 6.45) is 2.44. The van der Waals surface area contributed by atoms with Gasteiger partial charge in [0, 0.05) is 39.3 Å². The molecule has 2 aliphatic rings. The third-order valence-corrected chi connectivity index (χ3v) is 7.48. The van der Waals surface area contributed by atoms with Crippen LogP contribution in [-0.2, 0) is 9.53 Å². The van der Waals surface area contributed by atoms with Crippen molar-refractivity contribution in [1.29, 1.82) is 5.26 Å². The van der Waals surface area contributed by atoms with E-state index in [1.165, 1.54) is 0 Å². The standard InChI is InChI=1S/C28H40N6O4/c1-27(2,3)9-8-22(30-24-21-6-4-5-7-23(21)38-26(36)31-24)25(35)32-28(20-29)10-12-33(13-11-28)14-15-34-16-18-37-19-17-34/h4-7,22H,8-19H2,1-3H3,(H,32,35)(H,30,31,36). The van der Waals surface area contributed by atoms with Gasteiger partial charge in [-0.05, 0) is 43.2 Å². The zero-order valence-electron chi connectivity index (χ0n) is 22.8. The normalized spacial score (nSPS) is 19.5. The number of likely N-dealkylation sites (tertiary alicyclic amines) is 1. The van der Waals surface area contributed by atoms with Crippen LogP contribution in [0.1, 0.15) is 46.5 Å². The minimum Gasteiger partial charge on any atom is -0.408 e. The Balaban J connectivity index is 1.43. The molecule has 1 aromatic heterocycles. The Labute approximate surface area is 224 Å². The minimum absolute atomic E-state index is 0.00413. The quantitative estimate of drug-likeness (QED) is 0.509. The maximum Gasteiger partial charge on any atom is 0.441 e. The number of fused-ring (bicyclic) bond motifs is 1. The number of rotatable bonds is 9. The number of para-hydroxylation sites is 1. The molecule has 38 heavy (non-hydrogen) atoms. The van der Waals surface area contributed by atoms with Crippen LogP contribution in [0.15, 0.2) is 33.5 Å². The number of aromatic nitrogens is 1. The molecule has 2 saturated heterocycles. The first kappa shape index (κ1) is 28.0. The maximum atomic E-state index is 13.6. The van der Waals surface area contributed by atoms with E-state index in [-0.39, 0.29) is 11.3 Å². The number of ether oxygens (including phenoxy) is 1. The number of nitrogens with one attached hydrogen (secondary N) is 2. The molecule has 3 heterocycles. The van der Waals surface area contributed by atoms with Crippen LogP contribution in [0.3, 0.4) is 0 Å². The predicted molar refractivity (Wildman–Crippen MR) is 146 cm³/mol. The summed E-state index contributed by atoms with van der Waals surface area (Å²) in [6, 6.07) is 8.87. The second-order valence-electron chi connectivity index (χ2n) is 11.6. The Hall–Kier alpha value is -3.00. The van der Waals surface area contributed by atoms with Crippen LogP contribution >= 0.6 is 0 Å². The molecule has 0 aliphatic carbocycles. The van der Waals surface area contributed by atoms with Crippen molar-refractivity contribution in [1.82, 2.24) is 20.1 Å². The van der Waals surface area contributed by atoms with E-state index in [0.29, 0.717) is 36.0 Å². The molecule has 10 heteroatoms. The largest absolute Gasteiger partial charge is 0.441 e. The molecule has 1 unspecified atom stereocenters. The van der Waals surface area contributed by atoms with Gasteiger partial charge in [0.1, 0.15) is 23.0 Å². The number of morpholine rings is 1. The molecule has 2 N–H and O–H groups in total. The van der Waals surface area contributed by atoms with Gasteiger partial charge in [0.25, 0.3) is 0 Å². The average Bonchev–Trinajstić information content (AvgIpc) is 2.90. The van der Waals surface area contributed by atoms with Crippen molar-refractivity contribution in [3.05, 3.63) is 34.8 Å². The number of nitrogens with zero attached hydrogens (tertiary/aromatic N) is 4. The van der Waals surface area contributed by atoms with Crippen molar-refractivity contribution >= 4 is 22.7 Å². The first-order valence-electron chi connectivity index (χ1n) is 13.6. The summed E-state index contributed by atoms with van der Waals surface area (Å²) in [7, 11) is 0. The van der Waals surface area contributed by atoms with Gasteiger partial charge in [0.2, 0.25) is 5.91 Å². The second-order valence-corrected chi connectivity index (χ2v) is 11.6. The van der Waals surface area contributed by atoms with Crippen molar-refractivity contribution in [3.63, 3.8) is 0 Å². The SMILES string of the molecule is CC(C)(C)CCC(Nc1nc(=O)oc2ccccc12)C(=O)NC1(C#N)CCN(CCN2CCOCC2)CC1. The highest BCUT2D eigenvalue weighted by Crippen LogP contribution is 2.27. The van der Waals surface area contributed by atoms with Gasteiger partial charge in [0.05, 0.1) is 24.7 Å². The fraction of sp³-hybridized carbons (Fsp3) is 0.643. The van der Waals surface area contributed by atoms with Crippen LogP contribution in [0.4, 0.5) is 5.82 Å². The summed E-state index contributed by atoms with van der Waals surface area (Å²) in [5.41, 5.74) is -0.508. The van der Waals surface area contributed by atoms with E-state index in [1.54, 1.807) is 18.2 Å². The molecule has 2 fully saturated rings. The molecule has 0 radical (unpaired) electrons. The third kappa shape index (κ3) is 7.53. The molecule has 0 bridgehead atoms. The summed E-state index contributed by atoms with van der Waals surface area (Å²) < 4.78 is 10.6. The molecule has 1 aromatic carbocycles. The topological polar surface area (TPSA) is 124 Å². The van der Waals surface area contributed by atoms with Gasteiger partial charge >= 0.3 is 5.76 Å². The number of hydrogen-bond acceptors (Lipinski definition) is 9. The lowest BCUT2D eigenvalue weighted by Gasteiger charge is -2.39. The van der Waals surface area contributed by atoms with Crippen molar-refractivity contribution in [3.8, 4) is 6.07 Å². The summed E-state index contributed by atoms with van der Waals surface area (Å²) in [5.74, 6) is -0.661. The van der Waals surface area contributed by atoms with Crippen molar-refractivity contribution in [2.45, 2.75) is 58.0 Å². The second kappa shape index (κ2) is 12.2. The third-order valence-electron chi connectivity index (χ3n) is 7.48. The fourth-order valence-electron chi connectivity index (χ4n) is 4.99. The van der Waals surface area contributed by atoms with Gasteiger partial charge in [-0.15, -0.1) is 0 Å². The van der Waals surface area contributed by atoms with Crippen molar-refractivity contribution in [2.24, 2.45) is 5.41 Å². The summed E-state index contributed by atoms with van der Waals surface area (Å²) in [4.78, 5) is 34.5. The lowest BCUT2D eigenvalue weighted by atomic mass is 9.86. The average molecular weight is 525 g/mol. The first-order valence-corrected chi connectivity index (χ1v) is 13.6. The van der Waals surface area contributed by atoms with E-state index in [0.717, 1.165) is 58.9 Å². The Morgan fingerprint density at radius 2 is 1.79 bits per heavy atom. The van der Waals surface area contributed by atoms with E-state index in [4.69, 9.17) is 9.15 Å². The predicted octanol–water partition coefficient (Wildman–Crippen LogP) is 2.60. The summed E-state index contributed by atoms with van der Waals surface area (Å²) in [6.45, 7) is 13.3. The lowest BCUT2D eigenvalue weighted by molar-refractivity contribution is -0.124. The van der Waals surface area contributed by atoms with Crippen molar-refractivity contribution < 1.29 is 13.9 Å². The van der Waals surface area contributed by atoms with Gasteiger partial charge in [0.15, 0.2) is 0 Å². The van der Waals surface area contributed by atoms with Crippen LogP contribution in [0.5, 0.6) is 0 Å². The number of carbonyl (C=O) groups is 1. The molecule has 0 saturated carbocycles. The van der Waals surface area contributed by atoms with Gasteiger partial charge in [-0.1, -0.05) is 32.9 Å². The molecule has 10 nitrogen and oxygen atoms in total. The van der Waals surface area contributed by atoms with Crippen LogP contribution in [0, 0.1) is 16.7 Å². The van der Waals surface area contributed by atoms with Crippen LogP contribution < -0.4 is 16.4 Å². The van der Waals surface area contributed by atoms with Crippen molar-refractivity contribution in [2.75, 3.05) is 57.8 Å². The summed E-state index contributed by atoms with van der Waals surface area (Å²) >= 11 is 0. The Bertz CT molecular complexity index is 1190. The number of hydrogen-bond donors (Lipinski definition) is 2. The Morgan fingerprint density at radius 3 is 2.45 bits per heavy atom. The number of nitriles is 1. The smallest absolute Gasteiger partial charge is 0.408 e. The highest BCUT2D eigenvalue weighted by Gasteiger charge is 2.38. The van der Waals surface area contributed by atoms with Gasteiger partial charge in [-0.3, -0.25) is 9.69 Å². The number of amides is 1. The number of anilines is 1. The molecule has 1 atom stereocenters. The number of benzene rings is 1. The molecule has 2 aliphatic heterocycles. The van der Waals surface area contributed by atoms with Gasteiger partial charge in [-0.25, -0.2) is 4.79 Å². The van der Waals surface area contributed by atoms with E-state index >= 15 is 0 Å². The number of carbonyl (C=O) groups excluding carboxylic acids is 1. The van der Waals surface area contributed by atoms with E-state index in [9.17, 15) is 14.9 Å². The van der Waals surface area contributed by atoms with E-state index in [2.05, 4.69) is 52.3 Å². The highest BCUT2D eigenvalue weighted by molar-refractivity contribution is 5.91. The van der Waals surface area contributed by atoms with Gasteiger partial charge in [-0.2, -0.15) is 10.2 Å². The first-order chi connectivity index (χ1) is 18.2. The lowest BCUT2D eigenvalue weighted by Crippen LogP contribution is -2.58. The molecule has 2 aromatic rings. The monoisotopic (exact) mass is 524 g/mol. The molecule has 1 amide bonds.